The second-order valence-corrected chi connectivity index (χ2v) is 5.38. The maximum atomic E-state index is 12.0. The summed E-state index contributed by atoms with van der Waals surface area (Å²) in [5, 5.41) is 0. The van der Waals surface area contributed by atoms with E-state index in [4.69, 9.17) is 4.74 Å². The average Bonchev–Trinajstić information content (AvgIpc) is 2.79. The van der Waals surface area contributed by atoms with Crippen LogP contribution in [0.3, 0.4) is 0 Å². The Morgan fingerprint density at radius 3 is 2.63 bits per heavy atom. The molecule has 1 amide bonds. The molecule has 0 bridgehead atoms. The standard InChI is InChI=1S/C16H21NO2/c1-12(2)15-10-17(9-13(15)3)16(18)19-11-14-7-5-4-6-8-14/h4-8,13,15H,1,9-11H2,2-3H3/t13-,15-/m1/s1. The molecule has 3 heteroatoms. The van der Waals surface area contributed by atoms with Crippen LogP contribution < -0.4 is 0 Å². The normalized spacial score (nSPS) is 22.3. The molecule has 19 heavy (non-hydrogen) atoms. The summed E-state index contributed by atoms with van der Waals surface area (Å²) in [7, 11) is 0. The molecule has 1 heterocycles. The Morgan fingerprint density at radius 2 is 2.05 bits per heavy atom. The fraction of sp³-hybridized carbons (Fsp3) is 0.438. The SMILES string of the molecule is C=C(C)[C@H]1CN(C(=O)OCc2ccccc2)C[C@H]1C. The van der Waals surface area contributed by atoms with E-state index in [1.54, 1.807) is 4.90 Å². The van der Waals surface area contributed by atoms with Gasteiger partial charge in [-0.2, -0.15) is 0 Å². The predicted molar refractivity (Wildman–Crippen MR) is 75.7 cm³/mol. The van der Waals surface area contributed by atoms with Crippen molar-refractivity contribution < 1.29 is 9.53 Å². The number of amides is 1. The first-order chi connectivity index (χ1) is 9.08. The van der Waals surface area contributed by atoms with E-state index in [0.29, 0.717) is 18.4 Å². The predicted octanol–water partition coefficient (Wildman–Crippen LogP) is 3.47. The molecule has 102 valence electrons. The second-order valence-electron chi connectivity index (χ2n) is 5.38. The van der Waals surface area contributed by atoms with E-state index >= 15 is 0 Å². The molecule has 2 rings (SSSR count). The molecule has 0 saturated carbocycles. The minimum Gasteiger partial charge on any atom is -0.445 e. The molecule has 0 aromatic heterocycles. The second kappa shape index (κ2) is 5.91. The minimum absolute atomic E-state index is 0.223. The van der Waals surface area contributed by atoms with Crippen LogP contribution in [0.25, 0.3) is 0 Å². The van der Waals surface area contributed by atoms with Crippen molar-refractivity contribution in [3.8, 4) is 0 Å². The molecule has 0 aliphatic carbocycles. The first kappa shape index (κ1) is 13.7. The first-order valence-corrected chi connectivity index (χ1v) is 6.69. The van der Waals surface area contributed by atoms with Crippen molar-refractivity contribution >= 4 is 6.09 Å². The number of benzene rings is 1. The highest BCUT2D eigenvalue weighted by Crippen LogP contribution is 2.28. The van der Waals surface area contributed by atoms with Crippen molar-refractivity contribution in [3.63, 3.8) is 0 Å². The molecule has 1 saturated heterocycles. The van der Waals surface area contributed by atoms with Gasteiger partial charge in [0.25, 0.3) is 0 Å². The summed E-state index contributed by atoms with van der Waals surface area (Å²) in [5.41, 5.74) is 2.16. The zero-order valence-electron chi connectivity index (χ0n) is 11.6. The lowest BCUT2D eigenvalue weighted by atomic mass is 9.92. The molecule has 1 aromatic rings. The molecule has 0 spiro atoms. The fourth-order valence-electron chi connectivity index (χ4n) is 2.57. The van der Waals surface area contributed by atoms with Gasteiger partial charge in [-0.25, -0.2) is 4.79 Å². The fourth-order valence-corrected chi connectivity index (χ4v) is 2.57. The first-order valence-electron chi connectivity index (χ1n) is 6.69. The molecule has 1 fully saturated rings. The van der Waals surface area contributed by atoms with Gasteiger partial charge in [-0.3, -0.25) is 0 Å². The molecule has 1 aliphatic heterocycles. The molecular weight excluding hydrogens is 238 g/mol. The van der Waals surface area contributed by atoms with Crippen LogP contribution in [0.2, 0.25) is 0 Å². The van der Waals surface area contributed by atoms with Crippen LogP contribution in [0.15, 0.2) is 42.5 Å². The largest absolute Gasteiger partial charge is 0.445 e. The third-order valence-electron chi connectivity index (χ3n) is 3.71. The van der Waals surface area contributed by atoms with Gasteiger partial charge in [0.05, 0.1) is 0 Å². The molecule has 3 nitrogen and oxygen atoms in total. The zero-order chi connectivity index (χ0) is 13.8. The lowest BCUT2D eigenvalue weighted by Gasteiger charge is -2.16. The van der Waals surface area contributed by atoms with Gasteiger partial charge in [0, 0.05) is 19.0 Å². The Balaban J connectivity index is 1.86. The highest BCUT2D eigenvalue weighted by atomic mass is 16.6. The van der Waals surface area contributed by atoms with Gasteiger partial charge in [0.2, 0.25) is 0 Å². The summed E-state index contributed by atoms with van der Waals surface area (Å²) in [5.74, 6) is 0.853. The van der Waals surface area contributed by atoms with E-state index in [0.717, 1.165) is 24.2 Å². The molecule has 2 atom stereocenters. The van der Waals surface area contributed by atoms with Gasteiger partial charge in [-0.05, 0) is 18.4 Å². The van der Waals surface area contributed by atoms with Crippen LogP contribution in [-0.4, -0.2) is 24.1 Å². The molecular formula is C16H21NO2. The Kier molecular flexibility index (Phi) is 4.25. The number of ether oxygens (including phenoxy) is 1. The molecule has 1 aromatic carbocycles. The van der Waals surface area contributed by atoms with E-state index < -0.39 is 0 Å². The summed E-state index contributed by atoms with van der Waals surface area (Å²) in [4.78, 5) is 13.8. The van der Waals surface area contributed by atoms with Crippen LogP contribution in [0.5, 0.6) is 0 Å². The maximum absolute atomic E-state index is 12.0. The van der Waals surface area contributed by atoms with Crippen LogP contribution in [0.4, 0.5) is 4.79 Å². The van der Waals surface area contributed by atoms with Gasteiger partial charge in [-0.1, -0.05) is 49.4 Å². The molecule has 0 radical (unpaired) electrons. The van der Waals surface area contributed by atoms with Gasteiger partial charge >= 0.3 is 6.09 Å². The van der Waals surface area contributed by atoms with E-state index in [2.05, 4.69) is 13.5 Å². The van der Waals surface area contributed by atoms with Crippen molar-refractivity contribution in [2.75, 3.05) is 13.1 Å². The third-order valence-corrected chi connectivity index (χ3v) is 3.71. The van der Waals surface area contributed by atoms with Gasteiger partial charge in [-0.15, -0.1) is 0 Å². The summed E-state index contributed by atoms with van der Waals surface area (Å²) in [6.45, 7) is 10.00. The van der Waals surface area contributed by atoms with E-state index in [1.807, 2.05) is 37.3 Å². The van der Waals surface area contributed by atoms with Crippen LogP contribution in [-0.2, 0) is 11.3 Å². The Morgan fingerprint density at radius 1 is 1.37 bits per heavy atom. The minimum atomic E-state index is -0.223. The molecule has 0 N–H and O–H groups in total. The topological polar surface area (TPSA) is 29.5 Å². The van der Waals surface area contributed by atoms with Crippen LogP contribution >= 0.6 is 0 Å². The van der Waals surface area contributed by atoms with E-state index in [-0.39, 0.29) is 6.09 Å². The van der Waals surface area contributed by atoms with Crippen LogP contribution in [0.1, 0.15) is 19.4 Å². The number of carbonyl (C=O) groups excluding carboxylic acids is 1. The Bertz CT molecular complexity index is 455. The highest BCUT2D eigenvalue weighted by Gasteiger charge is 2.33. The Labute approximate surface area is 114 Å². The smallest absolute Gasteiger partial charge is 0.410 e. The number of hydrogen-bond acceptors (Lipinski definition) is 2. The maximum Gasteiger partial charge on any atom is 0.410 e. The van der Waals surface area contributed by atoms with Gasteiger partial charge < -0.3 is 9.64 Å². The molecule has 0 unspecified atom stereocenters. The Hall–Kier alpha value is -1.77. The van der Waals surface area contributed by atoms with Crippen molar-refractivity contribution in [2.24, 2.45) is 11.8 Å². The summed E-state index contributed by atoms with van der Waals surface area (Å²) in [6.07, 6.45) is -0.223. The third kappa shape index (κ3) is 3.37. The number of nitrogens with zero attached hydrogens (tertiary/aromatic N) is 1. The summed E-state index contributed by atoms with van der Waals surface area (Å²) >= 11 is 0. The number of rotatable bonds is 3. The van der Waals surface area contributed by atoms with Gasteiger partial charge in [0.15, 0.2) is 0 Å². The summed E-state index contributed by atoms with van der Waals surface area (Å²) < 4.78 is 5.35. The lowest BCUT2D eigenvalue weighted by molar-refractivity contribution is 0.103. The number of carbonyl (C=O) groups is 1. The monoisotopic (exact) mass is 259 g/mol. The average molecular weight is 259 g/mol. The van der Waals surface area contributed by atoms with Crippen LogP contribution in [0, 0.1) is 11.8 Å². The van der Waals surface area contributed by atoms with Crippen molar-refractivity contribution in [1.82, 2.24) is 4.90 Å². The van der Waals surface area contributed by atoms with Crippen molar-refractivity contribution in [3.05, 3.63) is 48.0 Å². The summed E-state index contributed by atoms with van der Waals surface area (Å²) in [6, 6.07) is 9.74. The number of hydrogen-bond donors (Lipinski definition) is 0. The molecule has 1 aliphatic rings. The van der Waals surface area contributed by atoms with Crippen molar-refractivity contribution in [2.45, 2.75) is 20.5 Å². The highest BCUT2D eigenvalue weighted by molar-refractivity contribution is 5.68. The lowest BCUT2D eigenvalue weighted by Crippen LogP contribution is -2.29. The quantitative estimate of drug-likeness (QED) is 0.778. The van der Waals surface area contributed by atoms with E-state index in [1.165, 1.54) is 0 Å². The van der Waals surface area contributed by atoms with Gasteiger partial charge in [0.1, 0.15) is 6.61 Å². The van der Waals surface area contributed by atoms with E-state index in [9.17, 15) is 4.79 Å². The zero-order valence-corrected chi connectivity index (χ0v) is 11.6. The number of likely N-dealkylation sites (tertiary alicyclic amines) is 1. The van der Waals surface area contributed by atoms with Crippen molar-refractivity contribution in [1.29, 1.82) is 0 Å².